The number of nitrogens with one attached hydrogen (secondary N) is 4. The number of fused-ring (bicyclic) bond motifs is 2. The molecule has 114 valence electrons. The van der Waals surface area contributed by atoms with Crippen molar-refractivity contribution in [2.75, 3.05) is 5.43 Å². The number of aromatic nitrogens is 5. The van der Waals surface area contributed by atoms with E-state index in [4.69, 9.17) is 0 Å². The zero-order valence-electron chi connectivity index (χ0n) is 12.2. The van der Waals surface area contributed by atoms with Gasteiger partial charge in [0.1, 0.15) is 0 Å². The molecule has 1 aromatic carbocycles. The maximum absolute atomic E-state index is 11.6. The molecule has 8 heteroatoms. The zero-order chi connectivity index (χ0) is 15.8. The smallest absolute Gasteiger partial charge is 0.276 e. The number of hydrogen-bond donors (Lipinski definition) is 4. The van der Waals surface area contributed by atoms with Crippen LogP contribution in [-0.4, -0.2) is 31.1 Å². The SMILES string of the molecule is Cc1[nH]c2ccccc2c1C=NNc1nc2nc[nH]c(=O)c2[nH]1. The van der Waals surface area contributed by atoms with Gasteiger partial charge >= 0.3 is 0 Å². The molecule has 4 rings (SSSR count). The maximum atomic E-state index is 11.6. The first-order chi connectivity index (χ1) is 11.2. The van der Waals surface area contributed by atoms with E-state index in [0.29, 0.717) is 17.1 Å². The molecule has 4 N–H and O–H groups in total. The quantitative estimate of drug-likeness (QED) is 0.342. The van der Waals surface area contributed by atoms with E-state index >= 15 is 0 Å². The number of para-hydroxylation sites is 1. The van der Waals surface area contributed by atoms with Gasteiger partial charge < -0.3 is 15.0 Å². The summed E-state index contributed by atoms with van der Waals surface area (Å²) in [5.74, 6) is 0.359. The Morgan fingerprint density at radius 3 is 3.00 bits per heavy atom. The molecular weight excluding hydrogens is 294 g/mol. The second kappa shape index (κ2) is 5.09. The van der Waals surface area contributed by atoms with E-state index in [2.05, 4.69) is 35.4 Å². The molecule has 3 heterocycles. The zero-order valence-corrected chi connectivity index (χ0v) is 12.2. The second-order valence-corrected chi connectivity index (χ2v) is 5.09. The summed E-state index contributed by atoms with van der Waals surface area (Å²) in [5, 5.41) is 5.29. The van der Waals surface area contributed by atoms with Gasteiger partial charge in [0, 0.05) is 22.2 Å². The first-order valence-electron chi connectivity index (χ1n) is 7.02. The van der Waals surface area contributed by atoms with Crippen LogP contribution >= 0.6 is 0 Å². The molecule has 0 spiro atoms. The fraction of sp³-hybridized carbons (Fsp3) is 0.0667. The molecule has 0 atom stereocenters. The third-order valence-corrected chi connectivity index (χ3v) is 3.60. The number of anilines is 1. The highest BCUT2D eigenvalue weighted by atomic mass is 16.1. The topological polar surface area (TPSA) is 115 Å². The summed E-state index contributed by atoms with van der Waals surface area (Å²) in [7, 11) is 0. The number of nitrogens with zero attached hydrogens (tertiary/aromatic N) is 3. The van der Waals surface area contributed by atoms with Crippen molar-refractivity contribution < 1.29 is 0 Å². The van der Waals surface area contributed by atoms with Gasteiger partial charge in [-0.1, -0.05) is 18.2 Å². The highest BCUT2D eigenvalue weighted by molar-refractivity contribution is 6.00. The molecule has 0 amide bonds. The van der Waals surface area contributed by atoms with Crippen LogP contribution in [0.15, 0.2) is 40.5 Å². The van der Waals surface area contributed by atoms with Gasteiger partial charge in [0.2, 0.25) is 5.95 Å². The van der Waals surface area contributed by atoms with Crippen molar-refractivity contribution in [2.45, 2.75) is 6.92 Å². The summed E-state index contributed by atoms with van der Waals surface area (Å²) < 4.78 is 0. The first-order valence-corrected chi connectivity index (χ1v) is 7.02. The van der Waals surface area contributed by atoms with Crippen LogP contribution in [0.5, 0.6) is 0 Å². The summed E-state index contributed by atoms with van der Waals surface area (Å²) in [6.45, 7) is 1.99. The van der Waals surface area contributed by atoms with Crippen LogP contribution in [0.3, 0.4) is 0 Å². The molecule has 4 aromatic rings. The number of hydrazone groups is 1. The average Bonchev–Trinajstić information content (AvgIpc) is 3.10. The van der Waals surface area contributed by atoms with Crippen molar-refractivity contribution in [1.29, 1.82) is 0 Å². The van der Waals surface area contributed by atoms with Gasteiger partial charge in [0.15, 0.2) is 11.2 Å². The summed E-state index contributed by atoms with van der Waals surface area (Å²) in [6, 6.07) is 8.02. The lowest BCUT2D eigenvalue weighted by Gasteiger charge is -1.94. The largest absolute Gasteiger partial charge is 0.358 e. The molecule has 0 aliphatic heterocycles. The maximum Gasteiger partial charge on any atom is 0.276 e. The van der Waals surface area contributed by atoms with Crippen molar-refractivity contribution in [2.24, 2.45) is 5.10 Å². The molecule has 0 aliphatic carbocycles. The molecule has 8 nitrogen and oxygen atoms in total. The summed E-state index contributed by atoms with van der Waals surface area (Å²) in [6.07, 6.45) is 3.03. The normalized spacial score (nSPS) is 11.7. The Morgan fingerprint density at radius 2 is 2.13 bits per heavy atom. The Balaban J connectivity index is 1.64. The van der Waals surface area contributed by atoms with Crippen LogP contribution in [-0.2, 0) is 0 Å². The van der Waals surface area contributed by atoms with E-state index in [-0.39, 0.29) is 5.56 Å². The van der Waals surface area contributed by atoms with Crippen molar-refractivity contribution in [1.82, 2.24) is 24.9 Å². The lowest BCUT2D eigenvalue weighted by molar-refractivity contribution is 1.15. The minimum absolute atomic E-state index is 0.271. The fourth-order valence-electron chi connectivity index (χ4n) is 2.52. The Morgan fingerprint density at radius 1 is 1.26 bits per heavy atom. The van der Waals surface area contributed by atoms with Crippen molar-refractivity contribution in [3.05, 3.63) is 52.2 Å². The highest BCUT2D eigenvalue weighted by Gasteiger charge is 2.07. The van der Waals surface area contributed by atoms with Gasteiger partial charge in [-0.3, -0.25) is 4.79 Å². The minimum Gasteiger partial charge on any atom is -0.358 e. The van der Waals surface area contributed by atoms with E-state index in [1.807, 2.05) is 31.2 Å². The molecule has 0 fully saturated rings. The van der Waals surface area contributed by atoms with E-state index in [1.165, 1.54) is 6.33 Å². The lowest BCUT2D eigenvalue weighted by atomic mass is 10.1. The second-order valence-electron chi connectivity index (χ2n) is 5.09. The van der Waals surface area contributed by atoms with Gasteiger partial charge in [0.25, 0.3) is 5.56 Å². The Labute approximate surface area is 129 Å². The number of aromatic amines is 3. The van der Waals surface area contributed by atoms with Crippen LogP contribution in [0.4, 0.5) is 5.95 Å². The number of benzene rings is 1. The highest BCUT2D eigenvalue weighted by Crippen LogP contribution is 2.20. The number of hydrogen-bond acceptors (Lipinski definition) is 5. The molecule has 0 aliphatic rings. The van der Waals surface area contributed by atoms with Crippen LogP contribution in [0.2, 0.25) is 0 Å². The monoisotopic (exact) mass is 307 g/mol. The van der Waals surface area contributed by atoms with Gasteiger partial charge in [0.05, 0.1) is 12.5 Å². The number of rotatable bonds is 3. The summed E-state index contributed by atoms with van der Waals surface area (Å²) >= 11 is 0. The van der Waals surface area contributed by atoms with E-state index in [0.717, 1.165) is 22.2 Å². The summed E-state index contributed by atoms with van der Waals surface area (Å²) in [5.41, 5.74) is 6.26. The number of aryl methyl sites for hydroxylation is 1. The molecule has 23 heavy (non-hydrogen) atoms. The standard InChI is InChI=1S/C15H13N7O/c1-8-10(9-4-2-3-5-11(9)19-8)6-18-22-15-20-12-13(21-15)16-7-17-14(12)23/h2-7,19H,1H3,(H3,16,17,20,21,22,23). The predicted molar refractivity (Wildman–Crippen MR) is 88.8 cm³/mol. The van der Waals surface area contributed by atoms with E-state index < -0.39 is 0 Å². The molecule has 0 saturated heterocycles. The van der Waals surface area contributed by atoms with Crippen molar-refractivity contribution >= 4 is 34.2 Å². The minimum atomic E-state index is -0.271. The molecule has 0 radical (unpaired) electrons. The molecular formula is C15H13N7O. The third kappa shape index (κ3) is 2.26. The average molecular weight is 307 g/mol. The fourth-order valence-corrected chi connectivity index (χ4v) is 2.52. The Hall–Kier alpha value is -3.42. The molecule has 0 saturated carbocycles. The lowest BCUT2D eigenvalue weighted by Crippen LogP contribution is -2.05. The van der Waals surface area contributed by atoms with E-state index in [9.17, 15) is 4.79 Å². The summed E-state index contributed by atoms with van der Waals surface area (Å²) in [4.78, 5) is 28.4. The molecule has 0 bridgehead atoms. The van der Waals surface area contributed by atoms with E-state index in [1.54, 1.807) is 6.21 Å². The van der Waals surface area contributed by atoms with Crippen LogP contribution in [0.1, 0.15) is 11.3 Å². The van der Waals surface area contributed by atoms with Crippen molar-refractivity contribution in [3.63, 3.8) is 0 Å². The number of imidazole rings is 1. The first kappa shape index (κ1) is 13.3. The van der Waals surface area contributed by atoms with Crippen LogP contribution in [0.25, 0.3) is 22.1 Å². The Bertz CT molecular complexity index is 1090. The predicted octanol–water partition coefficient (Wildman–Crippen LogP) is 1.88. The number of H-pyrrole nitrogens is 3. The third-order valence-electron chi connectivity index (χ3n) is 3.60. The molecule has 0 unspecified atom stereocenters. The van der Waals surface area contributed by atoms with Crippen LogP contribution in [0, 0.1) is 6.92 Å². The van der Waals surface area contributed by atoms with Gasteiger partial charge in [-0.15, -0.1) is 0 Å². The van der Waals surface area contributed by atoms with Crippen molar-refractivity contribution in [3.8, 4) is 0 Å². The van der Waals surface area contributed by atoms with Gasteiger partial charge in [-0.2, -0.15) is 10.1 Å². The van der Waals surface area contributed by atoms with Gasteiger partial charge in [-0.25, -0.2) is 10.4 Å². The Kier molecular flexibility index (Phi) is 2.94. The molecule has 3 aromatic heterocycles. The van der Waals surface area contributed by atoms with Crippen LogP contribution < -0.4 is 11.0 Å². The van der Waals surface area contributed by atoms with Gasteiger partial charge in [-0.05, 0) is 13.0 Å².